The fourth-order valence-electron chi connectivity index (χ4n) is 3.85. The highest BCUT2D eigenvalue weighted by Gasteiger charge is 2.30. The van der Waals surface area contributed by atoms with Crippen molar-refractivity contribution in [2.24, 2.45) is 5.92 Å². The van der Waals surface area contributed by atoms with Crippen LogP contribution < -0.4 is 5.32 Å². The van der Waals surface area contributed by atoms with Crippen molar-refractivity contribution in [1.29, 1.82) is 0 Å². The largest absolute Gasteiger partial charge is 0.306 e. The summed E-state index contributed by atoms with van der Waals surface area (Å²) >= 11 is 1.92. The van der Waals surface area contributed by atoms with E-state index in [-0.39, 0.29) is 0 Å². The Morgan fingerprint density at radius 3 is 2.67 bits per heavy atom. The van der Waals surface area contributed by atoms with E-state index in [0.717, 1.165) is 25.6 Å². The minimum Gasteiger partial charge on any atom is -0.306 e. The summed E-state index contributed by atoms with van der Waals surface area (Å²) in [6, 6.07) is 5.75. The van der Waals surface area contributed by atoms with Crippen LogP contribution in [0.25, 0.3) is 0 Å². The van der Waals surface area contributed by atoms with Gasteiger partial charge in [-0.25, -0.2) is 0 Å². The monoisotopic (exact) mass is 302 g/mol. The van der Waals surface area contributed by atoms with E-state index in [1.54, 1.807) is 0 Å². The third-order valence-electron chi connectivity index (χ3n) is 5.04. The van der Waals surface area contributed by atoms with Crippen LogP contribution in [0.2, 0.25) is 0 Å². The Kier molecular flexibility index (Phi) is 5.35. The first-order valence-electron chi connectivity index (χ1n) is 8.32. The molecule has 1 unspecified atom stereocenters. The molecule has 1 aromatic rings. The molecule has 1 aromatic heterocycles. The number of terminal acetylenes is 1. The van der Waals surface area contributed by atoms with E-state index in [4.69, 9.17) is 6.42 Å². The van der Waals surface area contributed by atoms with Crippen molar-refractivity contribution in [2.45, 2.75) is 50.6 Å². The molecule has 0 amide bonds. The number of hydrogen-bond donors (Lipinski definition) is 1. The molecule has 1 N–H and O–H groups in total. The summed E-state index contributed by atoms with van der Waals surface area (Å²) < 4.78 is 0. The van der Waals surface area contributed by atoms with Crippen LogP contribution in [0.5, 0.6) is 0 Å². The van der Waals surface area contributed by atoms with Gasteiger partial charge in [-0.3, -0.25) is 4.90 Å². The van der Waals surface area contributed by atoms with E-state index in [1.165, 1.54) is 43.4 Å². The SMILES string of the molecule is C#CCN1CCC(NC(c2cccs2)C2CCCC2)CC1. The molecular formula is C18H26N2S. The lowest BCUT2D eigenvalue weighted by Gasteiger charge is -2.35. The lowest BCUT2D eigenvalue weighted by Crippen LogP contribution is -2.44. The molecule has 3 rings (SSSR count). The van der Waals surface area contributed by atoms with Gasteiger partial charge in [0.15, 0.2) is 0 Å². The second kappa shape index (κ2) is 7.45. The highest BCUT2D eigenvalue weighted by Crippen LogP contribution is 2.38. The van der Waals surface area contributed by atoms with Gasteiger partial charge < -0.3 is 5.32 Å². The average Bonchev–Trinajstić information content (AvgIpc) is 3.20. The van der Waals surface area contributed by atoms with E-state index in [1.807, 2.05) is 11.3 Å². The van der Waals surface area contributed by atoms with Crippen molar-refractivity contribution in [1.82, 2.24) is 10.2 Å². The average molecular weight is 302 g/mol. The van der Waals surface area contributed by atoms with Gasteiger partial charge in [0, 0.05) is 30.1 Å². The normalized spacial score (nSPS) is 23.2. The lowest BCUT2D eigenvalue weighted by atomic mass is 9.94. The molecule has 0 radical (unpaired) electrons. The predicted molar refractivity (Wildman–Crippen MR) is 90.4 cm³/mol. The summed E-state index contributed by atoms with van der Waals surface area (Å²) in [5.74, 6) is 3.61. The highest BCUT2D eigenvalue weighted by molar-refractivity contribution is 7.10. The molecule has 0 aromatic carbocycles. The Hall–Kier alpha value is -0.820. The van der Waals surface area contributed by atoms with Crippen molar-refractivity contribution in [3.63, 3.8) is 0 Å². The molecule has 1 aliphatic carbocycles. The molecule has 0 bridgehead atoms. The van der Waals surface area contributed by atoms with E-state index < -0.39 is 0 Å². The second-order valence-electron chi connectivity index (χ2n) is 6.46. The number of likely N-dealkylation sites (tertiary alicyclic amines) is 1. The lowest BCUT2D eigenvalue weighted by molar-refractivity contribution is 0.198. The first-order valence-corrected chi connectivity index (χ1v) is 9.20. The smallest absolute Gasteiger partial charge is 0.0598 e. The summed E-state index contributed by atoms with van der Waals surface area (Å²) in [5, 5.41) is 6.21. The molecule has 2 nitrogen and oxygen atoms in total. The number of hydrogen-bond acceptors (Lipinski definition) is 3. The molecule has 1 saturated carbocycles. The van der Waals surface area contributed by atoms with Gasteiger partial charge in [0.05, 0.1) is 6.54 Å². The Balaban J connectivity index is 1.59. The number of piperidine rings is 1. The van der Waals surface area contributed by atoms with Crippen LogP contribution >= 0.6 is 11.3 Å². The van der Waals surface area contributed by atoms with E-state index in [2.05, 4.69) is 33.6 Å². The van der Waals surface area contributed by atoms with E-state index in [9.17, 15) is 0 Å². The van der Waals surface area contributed by atoms with Crippen molar-refractivity contribution >= 4 is 11.3 Å². The molecule has 21 heavy (non-hydrogen) atoms. The fourth-order valence-corrected chi connectivity index (χ4v) is 4.73. The number of nitrogens with zero attached hydrogens (tertiary/aromatic N) is 1. The Morgan fingerprint density at radius 2 is 2.05 bits per heavy atom. The molecular weight excluding hydrogens is 276 g/mol. The number of rotatable bonds is 5. The highest BCUT2D eigenvalue weighted by atomic mass is 32.1. The van der Waals surface area contributed by atoms with Gasteiger partial charge in [0.1, 0.15) is 0 Å². The van der Waals surface area contributed by atoms with Gasteiger partial charge in [-0.15, -0.1) is 17.8 Å². The first-order chi connectivity index (χ1) is 10.4. The quantitative estimate of drug-likeness (QED) is 0.835. The van der Waals surface area contributed by atoms with Crippen LogP contribution in [0, 0.1) is 18.3 Å². The molecule has 0 spiro atoms. The van der Waals surface area contributed by atoms with Crippen LogP contribution in [0.3, 0.4) is 0 Å². The Labute approximate surface area is 132 Å². The van der Waals surface area contributed by atoms with Gasteiger partial charge >= 0.3 is 0 Å². The fraction of sp³-hybridized carbons (Fsp3) is 0.667. The number of nitrogens with one attached hydrogen (secondary N) is 1. The van der Waals surface area contributed by atoms with E-state index >= 15 is 0 Å². The van der Waals surface area contributed by atoms with Crippen molar-refractivity contribution in [2.75, 3.05) is 19.6 Å². The van der Waals surface area contributed by atoms with Gasteiger partial charge in [0.2, 0.25) is 0 Å². The van der Waals surface area contributed by atoms with Crippen LogP contribution in [0.1, 0.15) is 49.4 Å². The topological polar surface area (TPSA) is 15.3 Å². The Morgan fingerprint density at radius 1 is 1.29 bits per heavy atom. The molecule has 1 saturated heterocycles. The molecule has 1 aliphatic heterocycles. The third-order valence-corrected chi connectivity index (χ3v) is 5.99. The van der Waals surface area contributed by atoms with Crippen LogP contribution in [0.4, 0.5) is 0 Å². The summed E-state index contributed by atoms with van der Waals surface area (Å²) in [6.45, 7) is 3.09. The minimum atomic E-state index is 0.580. The molecule has 2 aliphatic rings. The minimum absolute atomic E-state index is 0.580. The van der Waals surface area contributed by atoms with Gasteiger partial charge in [0.25, 0.3) is 0 Å². The maximum Gasteiger partial charge on any atom is 0.0598 e. The third kappa shape index (κ3) is 3.88. The van der Waals surface area contributed by atoms with Gasteiger partial charge in [-0.1, -0.05) is 24.8 Å². The first kappa shape index (κ1) is 15.1. The van der Waals surface area contributed by atoms with Gasteiger partial charge in [-0.2, -0.15) is 0 Å². The zero-order valence-corrected chi connectivity index (χ0v) is 13.6. The summed E-state index contributed by atoms with van der Waals surface area (Å²) in [5.41, 5.74) is 0. The molecule has 2 heterocycles. The van der Waals surface area contributed by atoms with Crippen LogP contribution in [-0.2, 0) is 0 Å². The van der Waals surface area contributed by atoms with E-state index in [0.29, 0.717) is 12.1 Å². The standard InChI is InChI=1S/C18H26N2S/c1-2-11-20-12-9-16(10-13-20)19-18(15-6-3-4-7-15)17-8-5-14-21-17/h1,5,8,14-16,18-19H,3-4,6-7,9-13H2. The maximum absolute atomic E-state index is 5.42. The van der Waals surface area contributed by atoms with Crippen molar-refractivity contribution in [3.05, 3.63) is 22.4 Å². The molecule has 114 valence electrons. The van der Waals surface area contributed by atoms with Crippen LogP contribution in [-0.4, -0.2) is 30.6 Å². The zero-order chi connectivity index (χ0) is 14.5. The van der Waals surface area contributed by atoms with Crippen LogP contribution in [0.15, 0.2) is 17.5 Å². The van der Waals surface area contributed by atoms with Crippen molar-refractivity contribution < 1.29 is 0 Å². The summed E-state index contributed by atoms with van der Waals surface area (Å²) in [6.07, 6.45) is 13.5. The molecule has 1 atom stereocenters. The number of thiophene rings is 1. The summed E-state index contributed by atoms with van der Waals surface area (Å²) in [7, 11) is 0. The van der Waals surface area contributed by atoms with Gasteiger partial charge in [-0.05, 0) is 43.0 Å². The molecule has 3 heteroatoms. The Bertz CT molecular complexity index is 448. The zero-order valence-electron chi connectivity index (χ0n) is 12.8. The maximum atomic E-state index is 5.42. The summed E-state index contributed by atoms with van der Waals surface area (Å²) in [4.78, 5) is 3.93. The van der Waals surface area contributed by atoms with Crippen molar-refractivity contribution in [3.8, 4) is 12.3 Å². The predicted octanol–water partition coefficient (Wildman–Crippen LogP) is 3.67. The second-order valence-corrected chi connectivity index (χ2v) is 7.44. The molecule has 2 fully saturated rings.